The molecule has 2 amide bonds. The highest BCUT2D eigenvalue weighted by atomic mass is 16.2. The molecule has 1 aromatic rings. The van der Waals surface area contributed by atoms with Crippen molar-refractivity contribution in [2.75, 3.05) is 19.7 Å². The summed E-state index contributed by atoms with van der Waals surface area (Å²) in [4.78, 5) is 23.4. The third-order valence-corrected chi connectivity index (χ3v) is 2.43. The molecule has 0 aliphatic carbocycles. The van der Waals surface area contributed by atoms with Crippen LogP contribution in [0, 0.1) is 11.8 Å². The first-order valence-electron chi connectivity index (χ1n) is 5.99. The molecule has 20 heavy (non-hydrogen) atoms. The van der Waals surface area contributed by atoms with Crippen LogP contribution in [0.25, 0.3) is 0 Å². The van der Waals surface area contributed by atoms with Crippen LogP contribution in [-0.4, -0.2) is 41.5 Å². The minimum atomic E-state index is -0.517. The molecule has 106 valence electrons. The lowest BCUT2D eigenvalue weighted by atomic mass is 10.1. The number of nitrogens with zero attached hydrogens (tertiary/aromatic N) is 1. The Balaban J connectivity index is 2.72. The zero-order valence-corrected chi connectivity index (χ0v) is 11.0. The highest BCUT2D eigenvalue weighted by Crippen LogP contribution is 2.07. The molecule has 6 nitrogen and oxygen atoms in total. The number of hydrogen-bond acceptors (Lipinski definition) is 4. The summed E-state index contributed by atoms with van der Waals surface area (Å²) in [5.74, 6) is 4.29. The second kappa shape index (κ2) is 7.94. The molecule has 1 rings (SSSR count). The maximum Gasteiger partial charge on any atom is 0.231 e. The first-order valence-corrected chi connectivity index (χ1v) is 5.99. The Labute approximate surface area is 117 Å². The van der Waals surface area contributed by atoms with E-state index in [0.717, 1.165) is 11.1 Å². The molecule has 0 spiro atoms. The average molecular weight is 275 g/mol. The average Bonchev–Trinajstić information content (AvgIpc) is 2.36. The van der Waals surface area contributed by atoms with Crippen LogP contribution >= 0.6 is 0 Å². The molecular weight excluding hydrogens is 258 g/mol. The summed E-state index contributed by atoms with van der Waals surface area (Å²) in [6.07, 6.45) is 0. The molecule has 0 aliphatic heterocycles. The van der Waals surface area contributed by atoms with Gasteiger partial charge in [-0.2, -0.15) is 0 Å². The van der Waals surface area contributed by atoms with Crippen LogP contribution in [0.5, 0.6) is 0 Å². The second-order valence-corrected chi connectivity index (χ2v) is 4.23. The van der Waals surface area contributed by atoms with Gasteiger partial charge in [0.25, 0.3) is 0 Å². The molecule has 0 aliphatic rings. The van der Waals surface area contributed by atoms with Crippen molar-refractivity contribution in [1.82, 2.24) is 4.90 Å². The largest absolute Gasteiger partial charge is 0.384 e. The summed E-state index contributed by atoms with van der Waals surface area (Å²) in [5, 5.41) is 8.60. The molecule has 5 N–H and O–H groups in total. The molecular formula is C14H17N3O3. The van der Waals surface area contributed by atoms with E-state index < -0.39 is 11.8 Å². The van der Waals surface area contributed by atoms with E-state index in [4.69, 9.17) is 16.6 Å². The van der Waals surface area contributed by atoms with E-state index in [1.807, 2.05) is 12.1 Å². The van der Waals surface area contributed by atoms with Gasteiger partial charge in [0, 0.05) is 12.1 Å². The first-order chi connectivity index (χ1) is 9.51. The summed E-state index contributed by atoms with van der Waals surface area (Å²) < 4.78 is 0. The van der Waals surface area contributed by atoms with Crippen LogP contribution in [-0.2, 0) is 16.1 Å². The van der Waals surface area contributed by atoms with Gasteiger partial charge in [-0.05, 0) is 17.7 Å². The Bertz CT molecular complexity index is 513. The lowest BCUT2D eigenvalue weighted by molar-refractivity contribution is -0.122. The van der Waals surface area contributed by atoms with Gasteiger partial charge in [0.05, 0.1) is 13.1 Å². The van der Waals surface area contributed by atoms with E-state index in [2.05, 4.69) is 11.8 Å². The van der Waals surface area contributed by atoms with Crippen LogP contribution in [0.2, 0.25) is 0 Å². The molecule has 0 fully saturated rings. The predicted molar refractivity (Wildman–Crippen MR) is 74.1 cm³/mol. The maximum absolute atomic E-state index is 10.9. The van der Waals surface area contributed by atoms with Crippen molar-refractivity contribution in [3.63, 3.8) is 0 Å². The quantitative estimate of drug-likeness (QED) is 0.567. The molecule has 0 atom stereocenters. The van der Waals surface area contributed by atoms with Gasteiger partial charge in [0.15, 0.2) is 0 Å². The van der Waals surface area contributed by atoms with Crippen molar-refractivity contribution >= 4 is 11.8 Å². The third kappa shape index (κ3) is 6.00. The summed E-state index contributed by atoms with van der Waals surface area (Å²) in [6, 6.07) is 7.25. The number of aliphatic hydroxyl groups is 1. The summed E-state index contributed by atoms with van der Waals surface area (Å²) >= 11 is 0. The van der Waals surface area contributed by atoms with E-state index >= 15 is 0 Å². The Morgan fingerprint density at radius 3 is 2.10 bits per heavy atom. The molecule has 0 unspecified atom stereocenters. The van der Waals surface area contributed by atoms with Gasteiger partial charge in [-0.1, -0.05) is 24.0 Å². The van der Waals surface area contributed by atoms with Crippen LogP contribution in [0.3, 0.4) is 0 Å². The minimum Gasteiger partial charge on any atom is -0.384 e. The van der Waals surface area contributed by atoms with E-state index in [0.29, 0.717) is 6.54 Å². The molecule has 0 bridgehead atoms. The van der Waals surface area contributed by atoms with Gasteiger partial charge in [0.1, 0.15) is 6.61 Å². The number of carbonyl (C=O) groups excluding carboxylic acids is 2. The van der Waals surface area contributed by atoms with Crippen LogP contribution in [0.4, 0.5) is 0 Å². The Kier molecular flexibility index (Phi) is 6.23. The van der Waals surface area contributed by atoms with E-state index in [9.17, 15) is 9.59 Å². The number of carbonyl (C=O) groups is 2. The standard InChI is InChI=1S/C14H17N3O3/c15-13(19)9-17(10-14(16)20)8-12-5-3-11(4-6-12)2-1-7-18/h3-6,18H,7-10H2,(H2,15,19)(H2,16,20). The normalized spacial score (nSPS) is 9.90. The van der Waals surface area contributed by atoms with Crippen molar-refractivity contribution < 1.29 is 14.7 Å². The molecule has 0 saturated heterocycles. The van der Waals surface area contributed by atoms with Crippen molar-refractivity contribution in [3.8, 4) is 11.8 Å². The monoisotopic (exact) mass is 275 g/mol. The lowest BCUT2D eigenvalue weighted by Crippen LogP contribution is -2.39. The highest BCUT2D eigenvalue weighted by molar-refractivity contribution is 5.79. The smallest absolute Gasteiger partial charge is 0.231 e. The fourth-order valence-electron chi connectivity index (χ4n) is 1.70. The fraction of sp³-hybridized carbons (Fsp3) is 0.286. The zero-order chi connectivity index (χ0) is 15.0. The number of rotatable bonds is 6. The summed E-state index contributed by atoms with van der Waals surface area (Å²) in [5.41, 5.74) is 11.9. The lowest BCUT2D eigenvalue weighted by Gasteiger charge is -2.18. The van der Waals surface area contributed by atoms with Gasteiger partial charge in [-0.3, -0.25) is 14.5 Å². The Morgan fingerprint density at radius 2 is 1.65 bits per heavy atom. The van der Waals surface area contributed by atoms with Gasteiger partial charge >= 0.3 is 0 Å². The molecule has 0 radical (unpaired) electrons. The zero-order valence-electron chi connectivity index (χ0n) is 11.0. The molecule has 0 aromatic heterocycles. The summed E-state index contributed by atoms with van der Waals surface area (Å²) in [6.45, 7) is 0.135. The fourth-order valence-corrected chi connectivity index (χ4v) is 1.70. The van der Waals surface area contributed by atoms with Crippen LogP contribution in [0.1, 0.15) is 11.1 Å². The number of hydrogen-bond donors (Lipinski definition) is 3. The number of benzene rings is 1. The minimum absolute atomic E-state index is 0.0327. The van der Waals surface area contributed by atoms with Crippen LogP contribution in [0.15, 0.2) is 24.3 Å². The molecule has 0 heterocycles. The van der Waals surface area contributed by atoms with Gasteiger partial charge in [0.2, 0.25) is 11.8 Å². The van der Waals surface area contributed by atoms with Gasteiger partial charge < -0.3 is 16.6 Å². The predicted octanol–water partition coefficient (Wildman–Crippen LogP) is -1.20. The number of amides is 2. The Hall–Kier alpha value is -2.36. The summed E-state index contributed by atoms with van der Waals surface area (Å²) in [7, 11) is 0. The van der Waals surface area contributed by atoms with Crippen molar-refractivity contribution in [1.29, 1.82) is 0 Å². The number of aliphatic hydroxyl groups excluding tert-OH is 1. The van der Waals surface area contributed by atoms with Crippen LogP contribution < -0.4 is 11.5 Å². The number of primary amides is 2. The van der Waals surface area contributed by atoms with Gasteiger partial charge in [-0.15, -0.1) is 0 Å². The highest BCUT2D eigenvalue weighted by Gasteiger charge is 2.11. The van der Waals surface area contributed by atoms with Gasteiger partial charge in [-0.25, -0.2) is 0 Å². The van der Waals surface area contributed by atoms with Crippen molar-refractivity contribution in [2.45, 2.75) is 6.54 Å². The van der Waals surface area contributed by atoms with E-state index in [1.165, 1.54) is 0 Å². The third-order valence-electron chi connectivity index (χ3n) is 2.43. The van der Waals surface area contributed by atoms with E-state index in [-0.39, 0.29) is 19.7 Å². The van der Waals surface area contributed by atoms with E-state index in [1.54, 1.807) is 17.0 Å². The second-order valence-electron chi connectivity index (χ2n) is 4.23. The SMILES string of the molecule is NC(=O)CN(CC(N)=O)Cc1ccc(C#CCO)cc1. The Morgan fingerprint density at radius 1 is 1.10 bits per heavy atom. The maximum atomic E-state index is 10.9. The van der Waals surface area contributed by atoms with Crippen molar-refractivity contribution in [2.24, 2.45) is 11.5 Å². The number of nitrogens with two attached hydrogens (primary N) is 2. The van der Waals surface area contributed by atoms with Crippen molar-refractivity contribution in [3.05, 3.63) is 35.4 Å². The first kappa shape index (κ1) is 15.7. The topological polar surface area (TPSA) is 110 Å². The molecule has 1 aromatic carbocycles. The molecule has 6 heteroatoms. The molecule has 0 saturated carbocycles.